The molecule has 0 radical (unpaired) electrons. The van der Waals surface area contributed by atoms with E-state index >= 15 is 0 Å². The molecule has 5 nitrogen and oxygen atoms in total. The van der Waals surface area contributed by atoms with Crippen molar-refractivity contribution in [1.82, 2.24) is 19.8 Å². The van der Waals surface area contributed by atoms with Gasteiger partial charge >= 0.3 is 0 Å². The SMILES string of the molecule is CN1CCN(CC(=O)c2nc3ccc(Cl)cc3[nH]2)CC1. The van der Waals surface area contributed by atoms with Gasteiger partial charge in [0.2, 0.25) is 5.78 Å². The average Bonchev–Trinajstić information content (AvgIpc) is 2.84. The molecule has 1 N–H and O–H groups in total. The van der Waals surface area contributed by atoms with Crippen LogP contribution < -0.4 is 0 Å². The lowest BCUT2D eigenvalue weighted by atomic mass is 10.3. The number of H-pyrrole nitrogens is 1. The molecular weight excluding hydrogens is 276 g/mol. The summed E-state index contributed by atoms with van der Waals surface area (Å²) in [5.41, 5.74) is 1.58. The van der Waals surface area contributed by atoms with Crippen molar-refractivity contribution in [3.63, 3.8) is 0 Å². The van der Waals surface area contributed by atoms with Gasteiger partial charge in [-0.05, 0) is 25.2 Å². The fraction of sp³-hybridized carbons (Fsp3) is 0.429. The van der Waals surface area contributed by atoms with E-state index in [1.54, 1.807) is 12.1 Å². The first-order valence-corrected chi connectivity index (χ1v) is 7.09. The molecule has 20 heavy (non-hydrogen) atoms. The normalized spacial score (nSPS) is 17.7. The van der Waals surface area contributed by atoms with Gasteiger partial charge < -0.3 is 9.88 Å². The molecule has 2 heterocycles. The van der Waals surface area contributed by atoms with Gasteiger partial charge in [0.05, 0.1) is 17.6 Å². The maximum atomic E-state index is 12.3. The number of ketones is 1. The van der Waals surface area contributed by atoms with Crippen molar-refractivity contribution in [2.24, 2.45) is 0 Å². The fourth-order valence-electron chi connectivity index (χ4n) is 2.40. The highest BCUT2D eigenvalue weighted by Crippen LogP contribution is 2.17. The summed E-state index contributed by atoms with van der Waals surface area (Å²) in [4.78, 5) is 24.1. The van der Waals surface area contributed by atoms with E-state index in [0.29, 0.717) is 17.4 Å². The maximum absolute atomic E-state index is 12.3. The predicted molar refractivity (Wildman–Crippen MR) is 79.4 cm³/mol. The Morgan fingerprint density at radius 3 is 2.85 bits per heavy atom. The highest BCUT2D eigenvalue weighted by molar-refractivity contribution is 6.31. The summed E-state index contributed by atoms with van der Waals surface area (Å²) in [6, 6.07) is 5.39. The van der Waals surface area contributed by atoms with Gasteiger partial charge in [0.1, 0.15) is 0 Å². The molecule has 1 aliphatic rings. The van der Waals surface area contributed by atoms with Crippen molar-refractivity contribution in [2.45, 2.75) is 0 Å². The van der Waals surface area contributed by atoms with E-state index in [0.717, 1.165) is 37.2 Å². The van der Waals surface area contributed by atoms with E-state index in [-0.39, 0.29) is 5.78 Å². The number of carbonyl (C=O) groups is 1. The number of Topliss-reactive ketones (excluding diaryl/α,β-unsaturated/α-hetero) is 1. The molecule has 0 amide bonds. The summed E-state index contributed by atoms with van der Waals surface area (Å²) in [5.74, 6) is 0.447. The molecule has 3 rings (SSSR count). The van der Waals surface area contributed by atoms with Crippen molar-refractivity contribution in [3.05, 3.63) is 29.0 Å². The molecule has 1 fully saturated rings. The van der Waals surface area contributed by atoms with Crippen LogP contribution in [-0.2, 0) is 0 Å². The van der Waals surface area contributed by atoms with E-state index in [1.807, 2.05) is 6.07 Å². The van der Waals surface area contributed by atoms with Crippen LogP contribution in [0.3, 0.4) is 0 Å². The number of carbonyl (C=O) groups excluding carboxylic acids is 1. The topological polar surface area (TPSA) is 52.2 Å². The third-order valence-corrected chi connectivity index (χ3v) is 3.91. The molecule has 1 aliphatic heterocycles. The number of aromatic amines is 1. The second kappa shape index (κ2) is 5.52. The number of likely N-dealkylation sites (N-methyl/N-ethyl adjacent to an activating group) is 1. The molecule has 1 saturated heterocycles. The van der Waals surface area contributed by atoms with Crippen molar-refractivity contribution >= 4 is 28.4 Å². The van der Waals surface area contributed by atoms with Crippen LogP contribution in [0.25, 0.3) is 11.0 Å². The minimum absolute atomic E-state index is 0.0295. The van der Waals surface area contributed by atoms with Gasteiger partial charge in [-0.1, -0.05) is 11.6 Å². The Balaban J connectivity index is 1.72. The highest BCUT2D eigenvalue weighted by atomic mass is 35.5. The first kappa shape index (κ1) is 13.5. The third kappa shape index (κ3) is 2.85. The number of nitrogens with zero attached hydrogens (tertiary/aromatic N) is 3. The first-order valence-electron chi connectivity index (χ1n) is 6.71. The molecular formula is C14H17ClN4O. The number of hydrogen-bond acceptors (Lipinski definition) is 4. The Bertz CT molecular complexity index is 631. The smallest absolute Gasteiger partial charge is 0.211 e. The Labute approximate surface area is 122 Å². The Kier molecular flexibility index (Phi) is 3.74. The first-order chi connectivity index (χ1) is 9.61. The quantitative estimate of drug-likeness (QED) is 0.874. The molecule has 0 unspecified atom stereocenters. The molecule has 6 heteroatoms. The Morgan fingerprint density at radius 1 is 1.35 bits per heavy atom. The monoisotopic (exact) mass is 292 g/mol. The third-order valence-electron chi connectivity index (χ3n) is 3.67. The van der Waals surface area contributed by atoms with E-state index in [1.165, 1.54) is 0 Å². The summed E-state index contributed by atoms with van der Waals surface area (Å²) < 4.78 is 0. The van der Waals surface area contributed by atoms with E-state index < -0.39 is 0 Å². The molecule has 0 atom stereocenters. The Hall–Kier alpha value is -1.43. The number of piperazine rings is 1. The van der Waals surface area contributed by atoms with Gasteiger partial charge in [-0.25, -0.2) is 4.98 Å². The maximum Gasteiger partial charge on any atom is 0.211 e. The van der Waals surface area contributed by atoms with Crippen LogP contribution in [0.5, 0.6) is 0 Å². The summed E-state index contributed by atoms with van der Waals surface area (Å²) >= 11 is 5.93. The number of halogens is 1. The highest BCUT2D eigenvalue weighted by Gasteiger charge is 2.19. The second-order valence-corrected chi connectivity index (χ2v) is 5.69. The summed E-state index contributed by atoms with van der Waals surface area (Å²) in [5, 5.41) is 0.638. The van der Waals surface area contributed by atoms with Crippen molar-refractivity contribution < 1.29 is 4.79 Å². The zero-order chi connectivity index (χ0) is 14.1. The number of hydrogen-bond donors (Lipinski definition) is 1. The summed E-state index contributed by atoms with van der Waals surface area (Å²) in [6.45, 7) is 4.27. The number of nitrogens with one attached hydrogen (secondary N) is 1. The van der Waals surface area contributed by atoms with Gasteiger partial charge in [-0.15, -0.1) is 0 Å². The molecule has 0 bridgehead atoms. The lowest BCUT2D eigenvalue weighted by Gasteiger charge is -2.31. The van der Waals surface area contributed by atoms with Crippen LogP contribution in [-0.4, -0.2) is 65.3 Å². The van der Waals surface area contributed by atoms with Crippen LogP contribution in [0.4, 0.5) is 0 Å². The molecule has 1 aromatic carbocycles. The largest absolute Gasteiger partial charge is 0.335 e. The van der Waals surface area contributed by atoms with Gasteiger partial charge in [-0.2, -0.15) is 0 Å². The molecule has 0 saturated carbocycles. The number of aromatic nitrogens is 2. The molecule has 2 aromatic rings. The minimum atomic E-state index is 0.0295. The van der Waals surface area contributed by atoms with Crippen LogP contribution in [0.2, 0.25) is 5.02 Å². The number of fused-ring (bicyclic) bond motifs is 1. The Morgan fingerprint density at radius 2 is 2.10 bits per heavy atom. The fourth-order valence-corrected chi connectivity index (χ4v) is 2.57. The van der Waals surface area contributed by atoms with Crippen LogP contribution in [0.1, 0.15) is 10.6 Å². The van der Waals surface area contributed by atoms with Gasteiger partial charge in [0, 0.05) is 31.2 Å². The van der Waals surface area contributed by atoms with E-state index in [4.69, 9.17) is 11.6 Å². The van der Waals surface area contributed by atoms with Crippen molar-refractivity contribution in [2.75, 3.05) is 39.8 Å². The zero-order valence-electron chi connectivity index (χ0n) is 11.4. The van der Waals surface area contributed by atoms with Crippen LogP contribution in [0, 0.1) is 0 Å². The van der Waals surface area contributed by atoms with Gasteiger partial charge in [0.15, 0.2) is 5.82 Å². The second-order valence-electron chi connectivity index (χ2n) is 5.25. The molecule has 0 spiro atoms. The van der Waals surface area contributed by atoms with Crippen molar-refractivity contribution in [1.29, 1.82) is 0 Å². The molecule has 1 aromatic heterocycles. The molecule has 0 aliphatic carbocycles. The number of benzene rings is 1. The predicted octanol–water partition coefficient (Wildman–Crippen LogP) is 1.65. The lowest BCUT2D eigenvalue weighted by molar-refractivity contribution is 0.0867. The van der Waals surface area contributed by atoms with Gasteiger partial charge in [-0.3, -0.25) is 9.69 Å². The van der Waals surface area contributed by atoms with E-state index in [9.17, 15) is 4.79 Å². The average molecular weight is 293 g/mol. The lowest BCUT2D eigenvalue weighted by Crippen LogP contribution is -2.46. The minimum Gasteiger partial charge on any atom is -0.335 e. The number of rotatable bonds is 3. The van der Waals surface area contributed by atoms with Crippen LogP contribution >= 0.6 is 11.6 Å². The van der Waals surface area contributed by atoms with Crippen LogP contribution in [0.15, 0.2) is 18.2 Å². The van der Waals surface area contributed by atoms with E-state index in [2.05, 4.69) is 26.8 Å². The van der Waals surface area contributed by atoms with Crippen molar-refractivity contribution in [3.8, 4) is 0 Å². The summed E-state index contributed by atoms with van der Waals surface area (Å²) in [7, 11) is 2.10. The summed E-state index contributed by atoms with van der Waals surface area (Å²) in [6.07, 6.45) is 0. The number of imidazole rings is 1. The molecule has 106 valence electrons. The standard InChI is InChI=1S/C14H17ClN4O/c1-18-4-6-19(7-5-18)9-13(20)14-16-11-3-2-10(15)8-12(11)17-14/h2-3,8H,4-7,9H2,1H3,(H,16,17). The van der Waals surface area contributed by atoms with Gasteiger partial charge in [0.25, 0.3) is 0 Å². The zero-order valence-corrected chi connectivity index (χ0v) is 12.2.